The lowest BCUT2D eigenvalue weighted by Gasteiger charge is -2.06. The van der Waals surface area contributed by atoms with Crippen molar-refractivity contribution in [1.82, 2.24) is 20.1 Å². The maximum atomic E-state index is 11.9. The Labute approximate surface area is 128 Å². The molecule has 2 aromatic rings. The first-order valence-corrected chi connectivity index (χ1v) is 6.97. The second kappa shape index (κ2) is 6.84. The number of aryl methyl sites for hydroxylation is 3. The van der Waals surface area contributed by atoms with Gasteiger partial charge >= 0.3 is 0 Å². The van der Waals surface area contributed by atoms with Gasteiger partial charge in [0.15, 0.2) is 0 Å². The van der Waals surface area contributed by atoms with Crippen LogP contribution in [0.5, 0.6) is 0 Å². The Balaban J connectivity index is 1.78. The van der Waals surface area contributed by atoms with E-state index in [9.17, 15) is 9.59 Å². The van der Waals surface area contributed by atoms with Gasteiger partial charge in [0, 0.05) is 26.2 Å². The third-order valence-electron chi connectivity index (χ3n) is 3.05. The van der Waals surface area contributed by atoms with E-state index >= 15 is 0 Å². The van der Waals surface area contributed by atoms with E-state index in [1.165, 1.54) is 4.68 Å². The minimum atomic E-state index is -0.246. The maximum Gasteiger partial charge on any atom is 0.269 e. The highest BCUT2D eigenvalue weighted by Crippen LogP contribution is 2.04. The number of carbonyl (C=O) groups excluding carboxylic acids is 2. The molecular formula is C15H19N5O2. The van der Waals surface area contributed by atoms with Gasteiger partial charge in [-0.3, -0.25) is 14.3 Å². The largest absolute Gasteiger partial charge is 0.350 e. The van der Waals surface area contributed by atoms with Gasteiger partial charge in [0.2, 0.25) is 5.91 Å². The molecule has 2 N–H and O–H groups in total. The van der Waals surface area contributed by atoms with Crippen LogP contribution in [0.25, 0.3) is 0 Å². The topological polar surface area (TPSA) is 88.9 Å². The fourth-order valence-corrected chi connectivity index (χ4v) is 1.95. The molecule has 22 heavy (non-hydrogen) atoms. The van der Waals surface area contributed by atoms with Crippen molar-refractivity contribution in [2.75, 3.05) is 11.9 Å². The van der Waals surface area contributed by atoms with Crippen LogP contribution in [0.1, 0.15) is 28.2 Å². The molecule has 0 saturated heterocycles. The van der Waals surface area contributed by atoms with Crippen LogP contribution in [0.4, 0.5) is 5.82 Å². The average molecular weight is 301 g/mol. The van der Waals surface area contributed by atoms with Crippen LogP contribution in [-0.4, -0.2) is 33.1 Å². The van der Waals surface area contributed by atoms with Crippen molar-refractivity contribution < 1.29 is 9.59 Å². The summed E-state index contributed by atoms with van der Waals surface area (Å²) in [6, 6.07) is 5.31. The fourth-order valence-electron chi connectivity index (χ4n) is 1.95. The number of amides is 2. The summed E-state index contributed by atoms with van der Waals surface area (Å²) in [6.07, 6.45) is 1.86. The van der Waals surface area contributed by atoms with Crippen LogP contribution in [-0.2, 0) is 11.8 Å². The third kappa shape index (κ3) is 4.15. The molecule has 0 bridgehead atoms. The predicted molar refractivity (Wildman–Crippen MR) is 82.5 cm³/mol. The summed E-state index contributed by atoms with van der Waals surface area (Å²) in [5.41, 5.74) is 2.27. The van der Waals surface area contributed by atoms with Gasteiger partial charge in [0.05, 0.1) is 5.69 Å². The first-order chi connectivity index (χ1) is 10.5. The van der Waals surface area contributed by atoms with Crippen molar-refractivity contribution in [3.63, 3.8) is 0 Å². The van der Waals surface area contributed by atoms with Crippen molar-refractivity contribution in [1.29, 1.82) is 0 Å². The van der Waals surface area contributed by atoms with Gasteiger partial charge in [-0.1, -0.05) is 6.07 Å². The predicted octanol–water partition coefficient (Wildman–Crippen LogP) is 1.19. The molecule has 116 valence electrons. The highest BCUT2D eigenvalue weighted by atomic mass is 16.2. The van der Waals surface area contributed by atoms with Gasteiger partial charge in [-0.2, -0.15) is 5.10 Å². The van der Waals surface area contributed by atoms with Gasteiger partial charge < -0.3 is 10.6 Å². The number of rotatable bonds is 5. The highest BCUT2D eigenvalue weighted by molar-refractivity contribution is 5.93. The van der Waals surface area contributed by atoms with Crippen LogP contribution < -0.4 is 10.6 Å². The molecule has 2 amide bonds. The molecule has 2 heterocycles. The van der Waals surface area contributed by atoms with E-state index in [-0.39, 0.29) is 24.8 Å². The summed E-state index contributed by atoms with van der Waals surface area (Å²) < 4.78 is 1.51. The van der Waals surface area contributed by atoms with Crippen LogP contribution >= 0.6 is 0 Å². The Morgan fingerprint density at radius 2 is 2.05 bits per heavy atom. The molecular weight excluding hydrogens is 282 g/mol. The Morgan fingerprint density at radius 3 is 2.64 bits per heavy atom. The zero-order chi connectivity index (χ0) is 16.1. The Kier molecular flexibility index (Phi) is 4.88. The van der Waals surface area contributed by atoms with Crippen LogP contribution in [0.2, 0.25) is 0 Å². The lowest BCUT2D eigenvalue weighted by atomic mass is 10.3. The molecule has 0 saturated carbocycles. The highest BCUT2D eigenvalue weighted by Gasteiger charge is 2.11. The summed E-state index contributed by atoms with van der Waals surface area (Å²) in [4.78, 5) is 27.8. The van der Waals surface area contributed by atoms with E-state index in [2.05, 4.69) is 20.7 Å². The summed E-state index contributed by atoms with van der Waals surface area (Å²) in [6.45, 7) is 3.99. The number of pyridine rings is 1. The SMILES string of the molecule is Cc1ccc(NC(=O)CCNC(=O)c2cc(C)nn2C)nc1. The normalized spacial score (nSPS) is 10.3. The van der Waals surface area contributed by atoms with Gasteiger partial charge in [-0.05, 0) is 31.5 Å². The van der Waals surface area contributed by atoms with Crippen molar-refractivity contribution >= 4 is 17.6 Å². The lowest BCUT2D eigenvalue weighted by Crippen LogP contribution is -2.29. The second-order valence-corrected chi connectivity index (χ2v) is 5.07. The van der Waals surface area contributed by atoms with Crippen LogP contribution in [0.15, 0.2) is 24.4 Å². The number of aromatic nitrogens is 3. The summed E-state index contributed by atoms with van der Waals surface area (Å²) >= 11 is 0. The van der Waals surface area contributed by atoms with Gasteiger partial charge in [-0.25, -0.2) is 4.98 Å². The molecule has 0 spiro atoms. The summed E-state index contributed by atoms with van der Waals surface area (Å²) in [7, 11) is 1.71. The molecule has 2 rings (SSSR count). The smallest absolute Gasteiger partial charge is 0.269 e. The first-order valence-electron chi connectivity index (χ1n) is 6.97. The summed E-state index contributed by atoms with van der Waals surface area (Å²) in [5, 5.41) is 9.48. The zero-order valence-electron chi connectivity index (χ0n) is 12.9. The first kappa shape index (κ1) is 15.7. The molecule has 0 radical (unpaired) electrons. The monoisotopic (exact) mass is 301 g/mol. The van der Waals surface area contributed by atoms with E-state index in [1.54, 1.807) is 25.4 Å². The molecule has 0 aliphatic rings. The van der Waals surface area contributed by atoms with Gasteiger partial charge in [-0.15, -0.1) is 0 Å². The van der Waals surface area contributed by atoms with Crippen molar-refractivity contribution in [2.24, 2.45) is 7.05 Å². The molecule has 0 aliphatic heterocycles. The Hall–Kier alpha value is -2.70. The molecule has 0 fully saturated rings. The molecule has 7 nitrogen and oxygen atoms in total. The number of nitrogens with zero attached hydrogens (tertiary/aromatic N) is 3. The average Bonchev–Trinajstić information content (AvgIpc) is 2.80. The quantitative estimate of drug-likeness (QED) is 0.868. The second-order valence-electron chi connectivity index (χ2n) is 5.07. The van der Waals surface area contributed by atoms with Crippen molar-refractivity contribution in [2.45, 2.75) is 20.3 Å². The number of carbonyl (C=O) groups is 2. The molecule has 0 atom stereocenters. The van der Waals surface area contributed by atoms with E-state index in [1.807, 2.05) is 19.9 Å². The molecule has 2 aromatic heterocycles. The molecule has 7 heteroatoms. The minimum Gasteiger partial charge on any atom is -0.350 e. The van der Waals surface area contributed by atoms with E-state index in [0.29, 0.717) is 11.5 Å². The van der Waals surface area contributed by atoms with E-state index in [4.69, 9.17) is 0 Å². The zero-order valence-corrected chi connectivity index (χ0v) is 12.9. The minimum absolute atomic E-state index is 0.179. The number of hydrogen-bond donors (Lipinski definition) is 2. The lowest BCUT2D eigenvalue weighted by molar-refractivity contribution is -0.116. The number of nitrogens with one attached hydrogen (secondary N) is 2. The maximum absolute atomic E-state index is 11.9. The molecule has 0 unspecified atom stereocenters. The van der Waals surface area contributed by atoms with Crippen molar-refractivity contribution in [3.05, 3.63) is 41.3 Å². The number of hydrogen-bond acceptors (Lipinski definition) is 4. The summed E-state index contributed by atoms with van der Waals surface area (Å²) in [5.74, 6) is 0.0615. The van der Waals surface area contributed by atoms with Crippen LogP contribution in [0.3, 0.4) is 0 Å². The fraction of sp³-hybridized carbons (Fsp3) is 0.333. The third-order valence-corrected chi connectivity index (χ3v) is 3.05. The van der Waals surface area contributed by atoms with E-state index < -0.39 is 0 Å². The van der Waals surface area contributed by atoms with Crippen LogP contribution in [0, 0.1) is 13.8 Å². The van der Waals surface area contributed by atoms with E-state index in [0.717, 1.165) is 11.3 Å². The molecule has 0 aromatic carbocycles. The Bertz CT molecular complexity index is 676. The van der Waals surface area contributed by atoms with Gasteiger partial charge in [0.1, 0.15) is 11.5 Å². The van der Waals surface area contributed by atoms with Gasteiger partial charge in [0.25, 0.3) is 5.91 Å². The molecule has 0 aliphatic carbocycles. The van der Waals surface area contributed by atoms with Crippen molar-refractivity contribution in [3.8, 4) is 0 Å². The standard InChI is InChI=1S/C15H19N5O2/c1-10-4-5-13(17-9-10)18-14(21)6-7-16-15(22)12-8-11(2)19-20(12)3/h4-5,8-9H,6-7H2,1-3H3,(H,16,22)(H,17,18,21). The Morgan fingerprint density at radius 1 is 1.27 bits per heavy atom. The number of anilines is 1.